The topological polar surface area (TPSA) is 38.7 Å². The molecule has 0 aromatic heterocycles. The van der Waals surface area contributed by atoms with Crippen LogP contribution in [0.5, 0.6) is 0 Å². The van der Waals surface area contributed by atoms with Crippen LogP contribution in [0.2, 0.25) is 0 Å². The van der Waals surface area contributed by atoms with Crippen LogP contribution in [0.1, 0.15) is 27.2 Å². The molecule has 0 unspecified atom stereocenters. The second-order valence-electron chi connectivity index (χ2n) is 4.12. The van der Waals surface area contributed by atoms with Crippen molar-refractivity contribution in [2.45, 2.75) is 51.6 Å². The smallest absolute Gasteiger partial charge is 0.106 e. The second-order valence-corrected chi connectivity index (χ2v) is 4.12. The Morgan fingerprint density at radius 2 is 2.08 bits per heavy atom. The Kier molecular flexibility index (Phi) is 3.71. The first-order valence-corrected chi connectivity index (χ1v) is 4.92. The molecule has 1 saturated heterocycles. The van der Waals surface area contributed by atoms with Crippen LogP contribution in [0.15, 0.2) is 0 Å². The van der Waals surface area contributed by atoms with Crippen LogP contribution in [0, 0.1) is 5.92 Å². The van der Waals surface area contributed by atoms with E-state index in [0.717, 1.165) is 6.42 Å². The molecule has 0 bridgehead atoms. The summed E-state index contributed by atoms with van der Waals surface area (Å²) >= 11 is 0. The first kappa shape index (κ1) is 11.0. The number of aliphatic hydroxyl groups excluding tert-OH is 1. The third-order valence-electron chi connectivity index (χ3n) is 2.76. The van der Waals surface area contributed by atoms with Gasteiger partial charge in [0.2, 0.25) is 0 Å². The maximum absolute atomic E-state index is 9.69. The number of methoxy groups -OCH3 is 1. The number of rotatable bonds is 2. The lowest BCUT2D eigenvalue weighted by molar-refractivity contribution is -0.179. The summed E-state index contributed by atoms with van der Waals surface area (Å²) in [6, 6.07) is 0. The highest BCUT2D eigenvalue weighted by Gasteiger charge is 2.36. The minimum Gasteiger partial charge on any atom is -0.388 e. The van der Waals surface area contributed by atoms with Crippen LogP contribution < -0.4 is 0 Å². The zero-order chi connectivity index (χ0) is 10.0. The molecule has 4 atom stereocenters. The van der Waals surface area contributed by atoms with E-state index in [0.29, 0.717) is 5.92 Å². The molecule has 0 aromatic carbocycles. The van der Waals surface area contributed by atoms with E-state index in [2.05, 4.69) is 13.8 Å². The number of hydrogen-bond donors (Lipinski definition) is 1. The molecule has 0 saturated carbocycles. The predicted octanol–water partition coefficient (Wildman–Crippen LogP) is 1.20. The summed E-state index contributed by atoms with van der Waals surface area (Å²) in [5, 5.41) is 9.69. The molecular weight excluding hydrogens is 168 g/mol. The van der Waals surface area contributed by atoms with E-state index < -0.39 is 6.10 Å². The molecule has 3 heteroatoms. The second kappa shape index (κ2) is 4.40. The summed E-state index contributed by atoms with van der Waals surface area (Å²) in [6.07, 6.45) is 0.324. The van der Waals surface area contributed by atoms with E-state index >= 15 is 0 Å². The molecule has 0 aromatic rings. The van der Waals surface area contributed by atoms with Crippen LogP contribution in [-0.2, 0) is 9.47 Å². The molecule has 13 heavy (non-hydrogen) atoms. The summed E-state index contributed by atoms with van der Waals surface area (Å²) in [4.78, 5) is 0. The van der Waals surface area contributed by atoms with Crippen molar-refractivity contribution in [1.82, 2.24) is 0 Å². The lowest BCUT2D eigenvalue weighted by atomic mass is 9.92. The van der Waals surface area contributed by atoms with Crippen molar-refractivity contribution in [2.75, 3.05) is 7.11 Å². The fourth-order valence-corrected chi connectivity index (χ4v) is 1.75. The average molecular weight is 188 g/mol. The number of hydrogen-bond acceptors (Lipinski definition) is 3. The van der Waals surface area contributed by atoms with E-state index in [4.69, 9.17) is 9.47 Å². The van der Waals surface area contributed by atoms with Gasteiger partial charge in [-0.15, -0.1) is 0 Å². The van der Waals surface area contributed by atoms with Crippen molar-refractivity contribution < 1.29 is 14.6 Å². The predicted molar refractivity (Wildman–Crippen MR) is 50.6 cm³/mol. The Bertz CT molecular complexity index is 158. The summed E-state index contributed by atoms with van der Waals surface area (Å²) < 4.78 is 10.9. The first-order chi connectivity index (χ1) is 6.06. The summed E-state index contributed by atoms with van der Waals surface area (Å²) in [6.45, 7) is 6.15. The van der Waals surface area contributed by atoms with Crippen LogP contribution in [0.4, 0.5) is 0 Å². The number of ether oxygens (including phenoxy) is 2. The summed E-state index contributed by atoms with van der Waals surface area (Å²) in [5.74, 6) is 0.479. The van der Waals surface area contributed by atoms with Crippen LogP contribution >= 0.6 is 0 Å². The van der Waals surface area contributed by atoms with Gasteiger partial charge >= 0.3 is 0 Å². The largest absolute Gasteiger partial charge is 0.388 e. The average Bonchev–Trinajstić information content (AvgIpc) is 2.09. The lowest BCUT2D eigenvalue weighted by Gasteiger charge is -2.38. The van der Waals surface area contributed by atoms with Gasteiger partial charge in [-0.3, -0.25) is 0 Å². The molecule has 3 nitrogen and oxygen atoms in total. The Hall–Kier alpha value is -0.120. The molecular formula is C10H20O3. The standard InChI is InChI=1S/C10H20O3/c1-6(2)8-5-9(12-4)10(11)7(3)13-8/h6-11H,5H2,1-4H3/t7-,8+,9-,10-/m0/s1. The van der Waals surface area contributed by atoms with Gasteiger partial charge in [-0.2, -0.15) is 0 Å². The van der Waals surface area contributed by atoms with E-state index in [-0.39, 0.29) is 18.3 Å². The highest BCUT2D eigenvalue weighted by atomic mass is 16.5. The van der Waals surface area contributed by atoms with E-state index in [9.17, 15) is 5.11 Å². The quantitative estimate of drug-likeness (QED) is 0.707. The Balaban J connectivity index is 2.58. The van der Waals surface area contributed by atoms with Gasteiger partial charge in [0, 0.05) is 13.5 Å². The Labute approximate surface area is 80.0 Å². The van der Waals surface area contributed by atoms with Gasteiger partial charge in [-0.25, -0.2) is 0 Å². The van der Waals surface area contributed by atoms with Gasteiger partial charge in [0.05, 0.1) is 18.3 Å². The molecule has 0 aliphatic carbocycles. The fraction of sp³-hybridized carbons (Fsp3) is 1.00. The third kappa shape index (κ3) is 2.42. The summed E-state index contributed by atoms with van der Waals surface area (Å²) in [5.41, 5.74) is 0. The Morgan fingerprint density at radius 1 is 1.46 bits per heavy atom. The molecule has 78 valence electrons. The van der Waals surface area contributed by atoms with Crippen LogP contribution in [0.25, 0.3) is 0 Å². The maximum atomic E-state index is 9.69. The van der Waals surface area contributed by atoms with Gasteiger partial charge in [0.1, 0.15) is 6.10 Å². The molecule has 1 aliphatic rings. The van der Waals surface area contributed by atoms with Crippen LogP contribution in [-0.4, -0.2) is 36.6 Å². The van der Waals surface area contributed by atoms with Crippen molar-refractivity contribution in [3.8, 4) is 0 Å². The lowest BCUT2D eigenvalue weighted by Crippen LogP contribution is -2.49. The van der Waals surface area contributed by atoms with Crippen molar-refractivity contribution >= 4 is 0 Å². The molecule has 1 rings (SSSR count). The van der Waals surface area contributed by atoms with Gasteiger partial charge in [-0.1, -0.05) is 13.8 Å². The van der Waals surface area contributed by atoms with E-state index in [1.807, 2.05) is 6.92 Å². The van der Waals surface area contributed by atoms with Gasteiger partial charge in [-0.05, 0) is 12.8 Å². The molecule has 1 aliphatic heterocycles. The fourth-order valence-electron chi connectivity index (χ4n) is 1.75. The minimum absolute atomic E-state index is 0.0730. The molecule has 1 heterocycles. The molecule has 0 amide bonds. The SMILES string of the molecule is CO[C@H]1C[C@H](C(C)C)O[C@@H](C)[C@@H]1O. The van der Waals surface area contributed by atoms with Crippen LogP contribution in [0.3, 0.4) is 0 Å². The molecule has 1 N–H and O–H groups in total. The molecule has 1 fully saturated rings. The van der Waals surface area contributed by atoms with E-state index in [1.165, 1.54) is 0 Å². The minimum atomic E-state index is -0.486. The van der Waals surface area contributed by atoms with Gasteiger partial charge < -0.3 is 14.6 Å². The zero-order valence-corrected chi connectivity index (χ0v) is 8.86. The highest BCUT2D eigenvalue weighted by molar-refractivity contribution is 4.85. The maximum Gasteiger partial charge on any atom is 0.106 e. The highest BCUT2D eigenvalue weighted by Crippen LogP contribution is 2.26. The van der Waals surface area contributed by atoms with Crippen molar-refractivity contribution in [2.24, 2.45) is 5.92 Å². The normalized spacial score (nSPS) is 41.1. The van der Waals surface area contributed by atoms with Crippen molar-refractivity contribution in [3.05, 3.63) is 0 Å². The van der Waals surface area contributed by atoms with Crippen molar-refractivity contribution in [3.63, 3.8) is 0 Å². The molecule has 0 spiro atoms. The Morgan fingerprint density at radius 3 is 2.54 bits per heavy atom. The monoisotopic (exact) mass is 188 g/mol. The summed E-state index contributed by atoms with van der Waals surface area (Å²) in [7, 11) is 1.64. The van der Waals surface area contributed by atoms with Crippen molar-refractivity contribution in [1.29, 1.82) is 0 Å². The first-order valence-electron chi connectivity index (χ1n) is 4.92. The molecule has 0 radical (unpaired) electrons. The van der Waals surface area contributed by atoms with Gasteiger partial charge in [0.15, 0.2) is 0 Å². The van der Waals surface area contributed by atoms with E-state index in [1.54, 1.807) is 7.11 Å². The third-order valence-corrected chi connectivity index (χ3v) is 2.76. The zero-order valence-electron chi connectivity index (χ0n) is 8.86. The number of aliphatic hydroxyl groups is 1. The van der Waals surface area contributed by atoms with Gasteiger partial charge in [0.25, 0.3) is 0 Å².